The minimum atomic E-state index is 0.177. The summed E-state index contributed by atoms with van der Waals surface area (Å²) in [7, 11) is 0. The minimum Gasteiger partial charge on any atom is -0.356 e. The normalized spacial score (nSPS) is 21.4. The van der Waals surface area contributed by atoms with Crippen molar-refractivity contribution in [2.75, 3.05) is 26.2 Å². The summed E-state index contributed by atoms with van der Waals surface area (Å²) < 4.78 is 0. The van der Waals surface area contributed by atoms with Gasteiger partial charge in [-0.1, -0.05) is 12.8 Å². The number of nitrogens with zero attached hydrogens (tertiary/aromatic N) is 1. The Labute approximate surface area is 98.6 Å². The van der Waals surface area contributed by atoms with Crippen LogP contribution in [0.25, 0.3) is 0 Å². The smallest absolute Gasteiger partial charge is 0.219 e. The number of rotatable bonds is 5. The molecule has 3 heteroatoms. The first-order chi connectivity index (χ1) is 7.76. The van der Waals surface area contributed by atoms with Gasteiger partial charge in [-0.25, -0.2) is 0 Å². The van der Waals surface area contributed by atoms with Crippen LogP contribution in [0, 0.1) is 18.3 Å². The highest BCUT2D eigenvalue weighted by atomic mass is 16.1. The molecule has 3 nitrogen and oxygen atoms in total. The number of carbonyl (C=O) groups is 1. The molecule has 1 atom stereocenters. The Balaban J connectivity index is 2.21. The van der Waals surface area contributed by atoms with Crippen molar-refractivity contribution in [3.05, 3.63) is 0 Å². The first-order valence-electron chi connectivity index (χ1n) is 6.18. The van der Waals surface area contributed by atoms with Gasteiger partial charge in [0.15, 0.2) is 0 Å². The zero-order valence-corrected chi connectivity index (χ0v) is 10.2. The molecule has 1 amide bonds. The molecule has 0 radical (unpaired) electrons. The third kappa shape index (κ3) is 4.67. The summed E-state index contributed by atoms with van der Waals surface area (Å²) >= 11 is 0. The number of amides is 1. The summed E-state index contributed by atoms with van der Waals surface area (Å²) in [5.41, 5.74) is 0. The van der Waals surface area contributed by atoms with E-state index in [1.54, 1.807) is 0 Å². The molecule has 0 aliphatic carbocycles. The van der Waals surface area contributed by atoms with Gasteiger partial charge in [0.05, 0.1) is 6.54 Å². The minimum absolute atomic E-state index is 0.177. The van der Waals surface area contributed by atoms with Crippen LogP contribution < -0.4 is 5.32 Å². The lowest BCUT2D eigenvalue weighted by molar-refractivity contribution is -0.121. The molecular formula is C13H22N2O. The Bertz CT molecular complexity index is 257. The number of nitrogens with one attached hydrogen (secondary N) is 1. The standard InChI is InChI=1S/C13H22N2O/c1-3-6-13(16)14-10-12-7-5-9-15(11-12)8-4-2/h2,12H,3,5-11H2,1H3,(H,14,16). The third-order valence-corrected chi connectivity index (χ3v) is 2.98. The van der Waals surface area contributed by atoms with Gasteiger partial charge < -0.3 is 5.32 Å². The van der Waals surface area contributed by atoms with Crippen LogP contribution in [0.3, 0.4) is 0 Å². The number of terminal acetylenes is 1. The van der Waals surface area contributed by atoms with Gasteiger partial charge in [0.25, 0.3) is 0 Å². The summed E-state index contributed by atoms with van der Waals surface area (Å²) in [5, 5.41) is 3.00. The molecule has 1 rings (SSSR count). The van der Waals surface area contributed by atoms with Crippen LogP contribution in [0.1, 0.15) is 32.6 Å². The van der Waals surface area contributed by atoms with Gasteiger partial charge in [-0.3, -0.25) is 9.69 Å². The van der Waals surface area contributed by atoms with Gasteiger partial charge in [-0.15, -0.1) is 6.42 Å². The van der Waals surface area contributed by atoms with Crippen LogP contribution in [0.5, 0.6) is 0 Å². The molecule has 1 saturated heterocycles. The predicted molar refractivity (Wildman–Crippen MR) is 65.9 cm³/mol. The van der Waals surface area contributed by atoms with Crippen molar-refractivity contribution in [2.24, 2.45) is 5.92 Å². The summed E-state index contributed by atoms with van der Waals surface area (Å²) in [6.45, 7) is 5.69. The Hall–Kier alpha value is -1.01. The number of piperidine rings is 1. The van der Waals surface area contributed by atoms with Crippen molar-refractivity contribution in [3.63, 3.8) is 0 Å². The lowest BCUT2D eigenvalue weighted by atomic mass is 9.98. The van der Waals surface area contributed by atoms with Gasteiger partial charge in [-0.2, -0.15) is 0 Å². The van der Waals surface area contributed by atoms with E-state index in [1.807, 2.05) is 6.92 Å². The lowest BCUT2D eigenvalue weighted by Crippen LogP contribution is -2.40. The van der Waals surface area contributed by atoms with Gasteiger partial charge in [0, 0.05) is 19.5 Å². The van der Waals surface area contributed by atoms with Crippen LogP contribution in [0.4, 0.5) is 0 Å². The van der Waals surface area contributed by atoms with E-state index >= 15 is 0 Å². The zero-order chi connectivity index (χ0) is 11.8. The molecule has 0 bridgehead atoms. The van der Waals surface area contributed by atoms with Gasteiger partial charge in [0.1, 0.15) is 0 Å². The Kier molecular flexibility index (Phi) is 5.95. The largest absolute Gasteiger partial charge is 0.356 e. The Morgan fingerprint density at radius 3 is 3.12 bits per heavy atom. The van der Waals surface area contributed by atoms with Crippen LogP contribution in [-0.2, 0) is 4.79 Å². The molecule has 16 heavy (non-hydrogen) atoms. The maximum absolute atomic E-state index is 11.3. The third-order valence-electron chi connectivity index (χ3n) is 2.98. The molecule has 0 saturated carbocycles. The van der Waals surface area contributed by atoms with Gasteiger partial charge in [0.2, 0.25) is 5.91 Å². The number of carbonyl (C=O) groups excluding carboxylic acids is 1. The topological polar surface area (TPSA) is 32.3 Å². The van der Waals surface area contributed by atoms with Crippen LogP contribution in [0.2, 0.25) is 0 Å². The second-order valence-electron chi connectivity index (χ2n) is 4.50. The van der Waals surface area contributed by atoms with Crippen molar-refractivity contribution in [1.82, 2.24) is 10.2 Å². The SMILES string of the molecule is C#CCN1CCCC(CNC(=O)CCC)C1. The van der Waals surface area contributed by atoms with Crippen molar-refractivity contribution >= 4 is 5.91 Å². The summed E-state index contributed by atoms with van der Waals surface area (Å²) in [6.07, 6.45) is 9.25. The zero-order valence-electron chi connectivity index (χ0n) is 10.2. The quantitative estimate of drug-likeness (QED) is 0.710. The molecular weight excluding hydrogens is 200 g/mol. The van der Waals surface area contributed by atoms with E-state index in [2.05, 4.69) is 16.1 Å². The molecule has 90 valence electrons. The summed E-state index contributed by atoms with van der Waals surface area (Å²) in [4.78, 5) is 13.6. The van der Waals surface area contributed by atoms with Crippen LogP contribution >= 0.6 is 0 Å². The molecule has 0 aromatic carbocycles. The van der Waals surface area contributed by atoms with E-state index in [4.69, 9.17) is 6.42 Å². The molecule has 0 aromatic rings. The van der Waals surface area contributed by atoms with E-state index < -0.39 is 0 Å². The van der Waals surface area contributed by atoms with Gasteiger partial charge >= 0.3 is 0 Å². The fourth-order valence-corrected chi connectivity index (χ4v) is 2.16. The van der Waals surface area contributed by atoms with E-state index in [0.717, 1.165) is 32.6 Å². The maximum atomic E-state index is 11.3. The highest BCUT2D eigenvalue weighted by molar-refractivity contribution is 5.75. The van der Waals surface area contributed by atoms with E-state index in [-0.39, 0.29) is 5.91 Å². The van der Waals surface area contributed by atoms with Crippen LogP contribution in [-0.4, -0.2) is 37.0 Å². The molecule has 0 spiro atoms. The van der Waals surface area contributed by atoms with E-state index in [0.29, 0.717) is 12.3 Å². The molecule has 1 aliphatic heterocycles. The van der Waals surface area contributed by atoms with Crippen molar-refractivity contribution in [2.45, 2.75) is 32.6 Å². The maximum Gasteiger partial charge on any atom is 0.219 e. The molecule has 1 fully saturated rings. The molecule has 0 aromatic heterocycles. The molecule has 1 aliphatic rings. The summed E-state index contributed by atoms with van der Waals surface area (Å²) in [6, 6.07) is 0. The predicted octanol–water partition coefficient (Wildman–Crippen LogP) is 1.25. The Morgan fingerprint density at radius 1 is 1.62 bits per heavy atom. The Morgan fingerprint density at radius 2 is 2.44 bits per heavy atom. The fourth-order valence-electron chi connectivity index (χ4n) is 2.16. The first-order valence-corrected chi connectivity index (χ1v) is 6.18. The number of hydrogen-bond acceptors (Lipinski definition) is 2. The van der Waals surface area contributed by atoms with Crippen molar-refractivity contribution in [1.29, 1.82) is 0 Å². The highest BCUT2D eigenvalue weighted by Crippen LogP contribution is 2.15. The molecule has 1 N–H and O–H groups in total. The van der Waals surface area contributed by atoms with Crippen molar-refractivity contribution in [3.8, 4) is 12.3 Å². The van der Waals surface area contributed by atoms with Crippen LogP contribution in [0.15, 0.2) is 0 Å². The highest BCUT2D eigenvalue weighted by Gasteiger charge is 2.19. The average molecular weight is 222 g/mol. The number of hydrogen-bond donors (Lipinski definition) is 1. The van der Waals surface area contributed by atoms with E-state index in [9.17, 15) is 4.79 Å². The van der Waals surface area contributed by atoms with Gasteiger partial charge in [-0.05, 0) is 31.7 Å². The molecule has 1 unspecified atom stereocenters. The molecule has 1 heterocycles. The number of likely N-dealkylation sites (tertiary alicyclic amines) is 1. The first kappa shape index (κ1) is 13.1. The second-order valence-corrected chi connectivity index (χ2v) is 4.50. The second kappa shape index (κ2) is 7.29. The van der Waals surface area contributed by atoms with Crippen molar-refractivity contribution < 1.29 is 4.79 Å². The average Bonchev–Trinajstić information content (AvgIpc) is 2.28. The monoisotopic (exact) mass is 222 g/mol. The summed E-state index contributed by atoms with van der Waals surface area (Å²) in [5.74, 6) is 3.43. The lowest BCUT2D eigenvalue weighted by Gasteiger charge is -2.31. The fraction of sp³-hybridized carbons (Fsp3) is 0.769. The van der Waals surface area contributed by atoms with E-state index in [1.165, 1.54) is 12.8 Å².